The SMILES string of the molecule is CCC/[N+]([O-])=C/c1ccc(CC)cc1. The monoisotopic (exact) mass is 191 g/mol. The van der Waals surface area contributed by atoms with E-state index in [4.69, 9.17) is 0 Å². The average Bonchev–Trinajstić information content (AvgIpc) is 2.19. The molecule has 0 aliphatic rings. The lowest BCUT2D eigenvalue weighted by molar-refractivity contribution is -0.452. The molecule has 0 radical (unpaired) electrons. The van der Waals surface area contributed by atoms with Crippen molar-refractivity contribution in [3.05, 3.63) is 40.6 Å². The van der Waals surface area contributed by atoms with Crippen LogP contribution in [0, 0.1) is 5.21 Å². The summed E-state index contributed by atoms with van der Waals surface area (Å²) in [5.41, 5.74) is 2.28. The standard InChI is InChI=1S/C12H17NO/c1-3-9-13(14)10-12-7-5-11(4-2)6-8-12/h5-8,10H,3-4,9H2,1-2H3/b13-10-. The van der Waals surface area contributed by atoms with Crippen LogP contribution >= 0.6 is 0 Å². The summed E-state index contributed by atoms with van der Waals surface area (Å²) in [5.74, 6) is 0. The molecule has 76 valence electrons. The highest BCUT2D eigenvalue weighted by atomic mass is 16.5. The van der Waals surface area contributed by atoms with Gasteiger partial charge in [-0.15, -0.1) is 0 Å². The summed E-state index contributed by atoms with van der Waals surface area (Å²) >= 11 is 0. The molecule has 0 spiro atoms. The van der Waals surface area contributed by atoms with Gasteiger partial charge >= 0.3 is 0 Å². The van der Waals surface area contributed by atoms with Gasteiger partial charge in [-0.1, -0.05) is 26.0 Å². The highest BCUT2D eigenvalue weighted by molar-refractivity contribution is 5.75. The van der Waals surface area contributed by atoms with E-state index in [1.165, 1.54) is 5.56 Å². The molecule has 0 unspecified atom stereocenters. The van der Waals surface area contributed by atoms with Crippen molar-refractivity contribution in [2.75, 3.05) is 6.54 Å². The van der Waals surface area contributed by atoms with Crippen molar-refractivity contribution in [1.29, 1.82) is 0 Å². The lowest BCUT2D eigenvalue weighted by Crippen LogP contribution is -2.06. The normalized spacial score (nSPS) is 11.7. The van der Waals surface area contributed by atoms with Crippen LogP contribution in [0.4, 0.5) is 0 Å². The van der Waals surface area contributed by atoms with Gasteiger partial charge < -0.3 is 5.21 Å². The zero-order valence-corrected chi connectivity index (χ0v) is 8.86. The van der Waals surface area contributed by atoms with Crippen molar-refractivity contribution in [1.82, 2.24) is 0 Å². The Bertz CT molecular complexity index is 301. The summed E-state index contributed by atoms with van der Waals surface area (Å²) in [5, 5.41) is 11.2. The van der Waals surface area contributed by atoms with E-state index in [-0.39, 0.29) is 0 Å². The second kappa shape index (κ2) is 5.43. The minimum Gasteiger partial charge on any atom is -0.624 e. The van der Waals surface area contributed by atoms with E-state index in [0.717, 1.165) is 23.1 Å². The molecule has 0 atom stereocenters. The molecule has 2 heteroatoms. The van der Waals surface area contributed by atoms with Gasteiger partial charge in [0.1, 0.15) is 0 Å². The average molecular weight is 191 g/mol. The van der Waals surface area contributed by atoms with E-state index in [9.17, 15) is 5.21 Å². The molecule has 0 amide bonds. The maximum absolute atomic E-state index is 11.2. The lowest BCUT2D eigenvalue weighted by Gasteiger charge is -2.02. The summed E-state index contributed by atoms with van der Waals surface area (Å²) in [4.78, 5) is 0. The molecule has 0 heterocycles. The topological polar surface area (TPSA) is 26.1 Å². The van der Waals surface area contributed by atoms with E-state index in [1.54, 1.807) is 6.21 Å². The third kappa shape index (κ3) is 3.21. The van der Waals surface area contributed by atoms with E-state index in [0.29, 0.717) is 6.54 Å². The van der Waals surface area contributed by atoms with Crippen LogP contribution in [0.3, 0.4) is 0 Å². The third-order valence-electron chi connectivity index (χ3n) is 2.13. The van der Waals surface area contributed by atoms with Gasteiger partial charge in [-0.25, -0.2) is 4.74 Å². The summed E-state index contributed by atoms with van der Waals surface area (Å²) in [6.45, 7) is 4.68. The second-order valence-electron chi connectivity index (χ2n) is 3.36. The number of hydrogen-bond acceptors (Lipinski definition) is 1. The van der Waals surface area contributed by atoms with Crippen LogP contribution in [0.5, 0.6) is 0 Å². The van der Waals surface area contributed by atoms with Gasteiger partial charge in [-0.3, -0.25) is 0 Å². The summed E-state index contributed by atoms with van der Waals surface area (Å²) in [7, 11) is 0. The number of aryl methyl sites for hydroxylation is 1. The van der Waals surface area contributed by atoms with Crippen molar-refractivity contribution in [3.63, 3.8) is 0 Å². The molecule has 0 saturated heterocycles. The number of nitrogens with zero attached hydrogens (tertiary/aromatic N) is 1. The zero-order chi connectivity index (χ0) is 10.4. The van der Waals surface area contributed by atoms with Gasteiger partial charge in [0.15, 0.2) is 12.8 Å². The van der Waals surface area contributed by atoms with Crippen molar-refractivity contribution in [2.24, 2.45) is 0 Å². The molecule has 1 aromatic rings. The molecule has 0 fully saturated rings. The third-order valence-corrected chi connectivity index (χ3v) is 2.13. The number of hydrogen-bond donors (Lipinski definition) is 0. The Balaban J connectivity index is 2.72. The fourth-order valence-corrected chi connectivity index (χ4v) is 1.29. The Kier molecular flexibility index (Phi) is 4.17. The van der Waals surface area contributed by atoms with Crippen LogP contribution in [0.25, 0.3) is 0 Å². The first-order valence-corrected chi connectivity index (χ1v) is 5.13. The first kappa shape index (κ1) is 10.8. The van der Waals surface area contributed by atoms with Crippen LogP contribution in [0.2, 0.25) is 0 Å². The second-order valence-corrected chi connectivity index (χ2v) is 3.36. The summed E-state index contributed by atoms with van der Waals surface area (Å²) in [6.07, 6.45) is 3.56. The van der Waals surface area contributed by atoms with Crippen LogP contribution in [-0.4, -0.2) is 17.5 Å². The van der Waals surface area contributed by atoms with Crippen molar-refractivity contribution in [3.8, 4) is 0 Å². The molecular weight excluding hydrogens is 174 g/mol. The molecule has 0 bridgehead atoms. The molecule has 2 nitrogen and oxygen atoms in total. The van der Waals surface area contributed by atoms with E-state index >= 15 is 0 Å². The highest BCUT2D eigenvalue weighted by Gasteiger charge is 1.94. The quantitative estimate of drug-likeness (QED) is 0.311. The molecule has 0 aromatic heterocycles. The fraction of sp³-hybridized carbons (Fsp3) is 0.417. The summed E-state index contributed by atoms with van der Waals surface area (Å²) < 4.78 is 0.987. The zero-order valence-electron chi connectivity index (χ0n) is 8.86. The van der Waals surface area contributed by atoms with E-state index in [1.807, 2.05) is 19.1 Å². The first-order chi connectivity index (χ1) is 6.76. The Labute approximate surface area is 85.5 Å². The minimum absolute atomic E-state index is 0.565. The summed E-state index contributed by atoms with van der Waals surface area (Å²) in [6, 6.07) is 8.09. The molecule has 0 aliphatic carbocycles. The molecule has 0 N–H and O–H groups in total. The Hall–Kier alpha value is -1.31. The van der Waals surface area contributed by atoms with Gasteiger partial charge in [0.05, 0.1) is 0 Å². The first-order valence-electron chi connectivity index (χ1n) is 5.13. The molecule has 14 heavy (non-hydrogen) atoms. The fourth-order valence-electron chi connectivity index (χ4n) is 1.29. The lowest BCUT2D eigenvalue weighted by atomic mass is 10.1. The Morgan fingerprint density at radius 3 is 2.36 bits per heavy atom. The number of benzene rings is 1. The van der Waals surface area contributed by atoms with E-state index in [2.05, 4.69) is 19.1 Å². The molecule has 1 aromatic carbocycles. The van der Waals surface area contributed by atoms with Gasteiger partial charge in [-0.2, -0.15) is 0 Å². The highest BCUT2D eigenvalue weighted by Crippen LogP contribution is 2.02. The molecule has 0 aliphatic heterocycles. The molecule has 1 rings (SSSR count). The van der Waals surface area contributed by atoms with Gasteiger partial charge in [0.2, 0.25) is 0 Å². The van der Waals surface area contributed by atoms with Crippen LogP contribution in [-0.2, 0) is 6.42 Å². The maximum atomic E-state index is 11.2. The smallest absolute Gasteiger partial charge is 0.181 e. The minimum atomic E-state index is 0.565. The molecule has 0 saturated carbocycles. The van der Waals surface area contributed by atoms with Crippen LogP contribution < -0.4 is 0 Å². The van der Waals surface area contributed by atoms with Crippen molar-refractivity contribution in [2.45, 2.75) is 26.7 Å². The van der Waals surface area contributed by atoms with Crippen LogP contribution in [0.15, 0.2) is 24.3 Å². The van der Waals surface area contributed by atoms with Crippen LogP contribution in [0.1, 0.15) is 31.4 Å². The Morgan fingerprint density at radius 2 is 1.86 bits per heavy atom. The predicted octanol–water partition coefficient (Wildman–Crippen LogP) is 2.59. The van der Waals surface area contributed by atoms with Crippen molar-refractivity contribution >= 4 is 6.21 Å². The molecular formula is C12H17NO. The van der Waals surface area contributed by atoms with Gasteiger partial charge in [0.25, 0.3) is 0 Å². The predicted molar refractivity (Wildman–Crippen MR) is 59.8 cm³/mol. The largest absolute Gasteiger partial charge is 0.624 e. The van der Waals surface area contributed by atoms with Gasteiger partial charge in [-0.05, 0) is 24.1 Å². The maximum Gasteiger partial charge on any atom is 0.181 e. The van der Waals surface area contributed by atoms with Gasteiger partial charge in [0, 0.05) is 12.0 Å². The number of rotatable bonds is 4. The Morgan fingerprint density at radius 1 is 1.21 bits per heavy atom. The number of hydroxylamine groups is 1. The van der Waals surface area contributed by atoms with Crippen molar-refractivity contribution < 1.29 is 4.74 Å². The van der Waals surface area contributed by atoms with E-state index < -0.39 is 0 Å².